The van der Waals surface area contributed by atoms with Gasteiger partial charge in [0.05, 0.1) is 22.3 Å². The van der Waals surface area contributed by atoms with E-state index in [1.54, 1.807) is 18.6 Å². The minimum atomic E-state index is -0.235. The molecule has 2 heterocycles. The lowest BCUT2D eigenvalue weighted by Crippen LogP contribution is -2.11. The van der Waals surface area contributed by atoms with Crippen molar-refractivity contribution >= 4 is 22.9 Å². The van der Waals surface area contributed by atoms with Gasteiger partial charge in [-0.05, 0) is 12.1 Å². The Hall–Kier alpha value is -0.970. The smallest absolute Gasteiger partial charge is 0.0931 e. The van der Waals surface area contributed by atoms with E-state index in [9.17, 15) is 0 Å². The van der Waals surface area contributed by atoms with Crippen molar-refractivity contribution in [1.82, 2.24) is 9.97 Å². The topological polar surface area (TPSA) is 51.8 Å². The van der Waals surface area contributed by atoms with Gasteiger partial charge in [-0.1, -0.05) is 11.6 Å². The third-order valence-corrected chi connectivity index (χ3v) is 3.12. The molecule has 2 aromatic heterocycles. The average Bonchev–Trinajstić information content (AvgIpc) is 2.65. The molecular formula is C9H8ClN3S. The Kier molecular flexibility index (Phi) is 2.77. The van der Waals surface area contributed by atoms with E-state index in [1.807, 2.05) is 12.1 Å². The number of nitrogens with two attached hydrogens (primary N) is 1. The lowest BCUT2D eigenvalue weighted by Gasteiger charge is -2.06. The van der Waals surface area contributed by atoms with E-state index >= 15 is 0 Å². The predicted molar refractivity (Wildman–Crippen MR) is 57.4 cm³/mol. The molecule has 0 aliphatic heterocycles. The standard InChI is InChI=1S/C9H8ClN3S/c10-8-2-1-7(14-8)9(11)6-5-12-3-4-13-6/h1-5,9H,11H2. The maximum absolute atomic E-state index is 5.98. The fraction of sp³-hybridized carbons (Fsp3) is 0.111. The number of nitrogens with zero attached hydrogens (tertiary/aromatic N) is 2. The molecule has 0 fully saturated rings. The summed E-state index contributed by atoms with van der Waals surface area (Å²) < 4.78 is 0.736. The third kappa shape index (κ3) is 1.92. The van der Waals surface area contributed by atoms with E-state index in [1.165, 1.54) is 11.3 Å². The minimum Gasteiger partial charge on any atom is -0.318 e. The maximum Gasteiger partial charge on any atom is 0.0931 e. The molecular weight excluding hydrogens is 218 g/mol. The van der Waals surface area contributed by atoms with E-state index in [-0.39, 0.29) is 6.04 Å². The monoisotopic (exact) mass is 225 g/mol. The van der Waals surface area contributed by atoms with Gasteiger partial charge in [0.25, 0.3) is 0 Å². The summed E-state index contributed by atoms with van der Waals surface area (Å²) in [6.07, 6.45) is 4.92. The summed E-state index contributed by atoms with van der Waals surface area (Å²) in [6.45, 7) is 0. The van der Waals surface area contributed by atoms with E-state index in [0.717, 1.165) is 14.9 Å². The Labute approximate surface area is 90.6 Å². The second-order valence-electron chi connectivity index (χ2n) is 2.75. The first-order valence-electron chi connectivity index (χ1n) is 4.04. The highest BCUT2D eigenvalue weighted by Crippen LogP contribution is 2.28. The van der Waals surface area contributed by atoms with Gasteiger partial charge in [-0.3, -0.25) is 9.97 Å². The summed E-state index contributed by atoms with van der Waals surface area (Å²) in [5, 5.41) is 0. The van der Waals surface area contributed by atoms with Crippen LogP contribution in [-0.4, -0.2) is 9.97 Å². The van der Waals surface area contributed by atoms with Crippen molar-refractivity contribution in [3.63, 3.8) is 0 Å². The second-order valence-corrected chi connectivity index (χ2v) is 4.50. The van der Waals surface area contributed by atoms with E-state index in [4.69, 9.17) is 17.3 Å². The Morgan fingerprint density at radius 2 is 2.21 bits per heavy atom. The summed E-state index contributed by atoms with van der Waals surface area (Å²) >= 11 is 7.28. The largest absolute Gasteiger partial charge is 0.318 e. The molecule has 0 aromatic carbocycles. The zero-order chi connectivity index (χ0) is 9.97. The average molecular weight is 226 g/mol. The lowest BCUT2D eigenvalue weighted by atomic mass is 10.2. The molecule has 0 saturated heterocycles. The van der Waals surface area contributed by atoms with Crippen molar-refractivity contribution in [2.75, 3.05) is 0 Å². The van der Waals surface area contributed by atoms with Crippen LogP contribution < -0.4 is 5.73 Å². The summed E-state index contributed by atoms with van der Waals surface area (Å²) in [5.74, 6) is 0. The van der Waals surface area contributed by atoms with Gasteiger partial charge in [0.1, 0.15) is 0 Å². The molecule has 2 N–H and O–H groups in total. The lowest BCUT2D eigenvalue weighted by molar-refractivity contribution is 0.834. The van der Waals surface area contributed by atoms with Crippen molar-refractivity contribution in [3.05, 3.63) is 45.6 Å². The Bertz CT molecular complexity index is 415. The van der Waals surface area contributed by atoms with E-state index < -0.39 is 0 Å². The van der Waals surface area contributed by atoms with Crippen molar-refractivity contribution in [2.45, 2.75) is 6.04 Å². The van der Waals surface area contributed by atoms with Gasteiger partial charge >= 0.3 is 0 Å². The first-order valence-corrected chi connectivity index (χ1v) is 5.23. The van der Waals surface area contributed by atoms with Crippen LogP contribution in [0, 0.1) is 0 Å². The Balaban J connectivity index is 2.29. The van der Waals surface area contributed by atoms with Gasteiger partial charge in [-0.2, -0.15) is 0 Å². The molecule has 1 unspecified atom stereocenters. The Morgan fingerprint density at radius 1 is 1.36 bits per heavy atom. The first kappa shape index (κ1) is 9.58. The van der Waals surface area contributed by atoms with Crippen LogP contribution in [0.4, 0.5) is 0 Å². The number of hydrogen-bond acceptors (Lipinski definition) is 4. The van der Waals surface area contributed by atoms with Crippen LogP contribution in [0.15, 0.2) is 30.7 Å². The van der Waals surface area contributed by atoms with Crippen molar-refractivity contribution in [2.24, 2.45) is 5.73 Å². The van der Waals surface area contributed by atoms with Gasteiger partial charge in [0.2, 0.25) is 0 Å². The molecule has 5 heteroatoms. The summed E-state index contributed by atoms with van der Waals surface area (Å²) in [7, 11) is 0. The number of hydrogen-bond donors (Lipinski definition) is 1. The van der Waals surface area contributed by atoms with Crippen molar-refractivity contribution in [1.29, 1.82) is 0 Å². The normalized spacial score (nSPS) is 12.7. The number of aromatic nitrogens is 2. The number of rotatable bonds is 2. The van der Waals surface area contributed by atoms with Crippen molar-refractivity contribution in [3.8, 4) is 0 Å². The molecule has 14 heavy (non-hydrogen) atoms. The van der Waals surface area contributed by atoms with Crippen LogP contribution in [-0.2, 0) is 0 Å². The van der Waals surface area contributed by atoms with E-state index in [2.05, 4.69) is 9.97 Å². The fourth-order valence-electron chi connectivity index (χ4n) is 1.11. The second kappa shape index (κ2) is 4.04. The van der Waals surface area contributed by atoms with Crippen LogP contribution in [0.25, 0.3) is 0 Å². The molecule has 0 spiro atoms. The SMILES string of the molecule is NC(c1cnccn1)c1ccc(Cl)s1. The highest BCUT2D eigenvalue weighted by atomic mass is 35.5. The van der Waals surface area contributed by atoms with Crippen LogP contribution >= 0.6 is 22.9 Å². The zero-order valence-corrected chi connectivity index (χ0v) is 8.79. The molecule has 1 atom stereocenters. The quantitative estimate of drug-likeness (QED) is 0.853. The number of halogens is 1. The predicted octanol–water partition coefficient (Wildman–Crippen LogP) is 2.24. The summed E-state index contributed by atoms with van der Waals surface area (Å²) in [6, 6.07) is 3.51. The minimum absolute atomic E-state index is 0.235. The van der Waals surface area contributed by atoms with Crippen LogP contribution in [0.1, 0.15) is 16.6 Å². The zero-order valence-electron chi connectivity index (χ0n) is 7.22. The highest BCUT2D eigenvalue weighted by Gasteiger charge is 2.12. The van der Waals surface area contributed by atoms with Crippen LogP contribution in [0.5, 0.6) is 0 Å². The summed E-state index contributed by atoms with van der Waals surface area (Å²) in [4.78, 5) is 9.10. The molecule has 0 amide bonds. The van der Waals surface area contributed by atoms with E-state index in [0.29, 0.717) is 0 Å². The summed E-state index contributed by atoms with van der Waals surface area (Å²) in [5.41, 5.74) is 6.73. The van der Waals surface area contributed by atoms with Gasteiger partial charge < -0.3 is 5.73 Å². The Morgan fingerprint density at radius 3 is 2.79 bits per heavy atom. The van der Waals surface area contributed by atoms with Crippen LogP contribution in [0.2, 0.25) is 4.34 Å². The molecule has 2 rings (SSSR count). The molecule has 0 radical (unpaired) electrons. The van der Waals surface area contributed by atoms with Gasteiger partial charge in [-0.15, -0.1) is 11.3 Å². The molecule has 72 valence electrons. The molecule has 0 aliphatic carbocycles. The molecule has 0 aliphatic rings. The fourth-order valence-corrected chi connectivity index (χ4v) is 2.19. The van der Waals surface area contributed by atoms with Crippen molar-refractivity contribution < 1.29 is 0 Å². The van der Waals surface area contributed by atoms with Gasteiger partial charge in [0, 0.05) is 17.3 Å². The highest BCUT2D eigenvalue weighted by molar-refractivity contribution is 7.16. The molecule has 3 nitrogen and oxygen atoms in total. The third-order valence-electron chi connectivity index (χ3n) is 1.80. The van der Waals surface area contributed by atoms with Crippen LogP contribution in [0.3, 0.4) is 0 Å². The molecule has 2 aromatic rings. The first-order chi connectivity index (χ1) is 6.77. The van der Waals surface area contributed by atoms with Gasteiger partial charge in [0.15, 0.2) is 0 Å². The molecule has 0 bridgehead atoms. The maximum atomic E-state index is 5.98. The molecule has 0 saturated carbocycles. The number of thiophene rings is 1. The van der Waals surface area contributed by atoms with Gasteiger partial charge in [-0.25, -0.2) is 0 Å².